The first-order valence-electron chi connectivity index (χ1n) is 5.12. The van der Waals surface area contributed by atoms with E-state index in [1.165, 1.54) is 23.5 Å². The normalized spacial score (nSPS) is 10.3. The third-order valence-corrected chi connectivity index (χ3v) is 4.67. The van der Waals surface area contributed by atoms with Gasteiger partial charge in [-0.3, -0.25) is 14.9 Å². The number of amides is 1. The molecule has 20 heavy (non-hydrogen) atoms. The van der Waals surface area contributed by atoms with Crippen LogP contribution in [0.1, 0.15) is 10.4 Å². The van der Waals surface area contributed by atoms with Gasteiger partial charge in [-0.1, -0.05) is 0 Å². The number of nitro groups is 1. The molecule has 2 N–H and O–H groups in total. The minimum atomic E-state index is -0.673. The molecular weight excluding hydrogens is 416 g/mol. The summed E-state index contributed by atoms with van der Waals surface area (Å²) in [6.45, 7) is 0. The molecule has 0 saturated carbocycles. The summed E-state index contributed by atoms with van der Waals surface area (Å²) in [6.07, 6.45) is 0. The molecule has 1 aromatic carbocycles. The Balaban J connectivity index is 2.33. The van der Waals surface area contributed by atoms with Crippen molar-refractivity contribution >= 4 is 60.5 Å². The van der Waals surface area contributed by atoms with Gasteiger partial charge in [-0.25, -0.2) is 0 Å². The highest BCUT2D eigenvalue weighted by molar-refractivity contribution is 9.12. The van der Waals surface area contributed by atoms with Gasteiger partial charge in [0.15, 0.2) is 0 Å². The quantitative estimate of drug-likeness (QED) is 0.442. The number of hydrogen-bond donors (Lipinski definition) is 2. The van der Waals surface area contributed by atoms with Gasteiger partial charge in [-0.05, 0) is 50.1 Å². The number of carbonyl (C=O) groups excluding carboxylic acids is 1. The highest BCUT2D eigenvalue weighted by Gasteiger charge is 2.19. The fraction of sp³-hybridized carbons (Fsp3) is 0. The van der Waals surface area contributed by atoms with E-state index in [9.17, 15) is 20.0 Å². The van der Waals surface area contributed by atoms with E-state index < -0.39 is 10.8 Å². The lowest BCUT2D eigenvalue weighted by molar-refractivity contribution is -0.384. The van der Waals surface area contributed by atoms with Gasteiger partial charge < -0.3 is 10.4 Å². The monoisotopic (exact) mass is 420 g/mol. The lowest BCUT2D eigenvalue weighted by Gasteiger charge is -2.05. The molecule has 0 unspecified atom stereocenters. The molecule has 0 aliphatic rings. The number of anilines is 1. The van der Waals surface area contributed by atoms with E-state index in [4.69, 9.17) is 0 Å². The standard InChI is InChI=1S/C11H6Br2N2O4S/c12-9-4-6(10(13)20-9)11(17)14-7-2-1-5(16)3-8(7)15(18)19/h1-4,16H,(H,14,17). The smallest absolute Gasteiger partial charge is 0.296 e. The first-order valence-corrected chi connectivity index (χ1v) is 7.52. The molecule has 104 valence electrons. The molecule has 2 rings (SSSR count). The average molecular weight is 422 g/mol. The van der Waals surface area contributed by atoms with Crippen LogP contribution < -0.4 is 5.32 Å². The minimum Gasteiger partial charge on any atom is -0.508 e. The zero-order valence-electron chi connectivity index (χ0n) is 9.59. The van der Waals surface area contributed by atoms with E-state index >= 15 is 0 Å². The topological polar surface area (TPSA) is 92.5 Å². The van der Waals surface area contributed by atoms with Crippen molar-refractivity contribution in [1.82, 2.24) is 0 Å². The number of benzene rings is 1. The predicted molar refractivity (Wildman–Crippen MR) is 82.4 cm³/mol. The number of aromatic hydroxyl groups is 1. The van der Waals surface area contributed by atoms with Crippen LogP contribution in [0.3, 0.4) is 0 Å². The van der Waals surface area contributed by atoms with Crippen molar-refractivity contribution < 1.29 is 14.8 Å². The first kappa shape index (κ1) is 14.9. The van der Waals surface area contributed by atoms with Crippen LogP contribution in [-0.4, -0.2) is 15.9 Å². The lowest BCUT2D eigenvalue weighted by atomic mass is 10.2. The zero-order chi connectivity index (χ0) is 14.9. The van der Waals surface area contributed by atoms with E-state index in [0.717, 1.165) is 9.85 Å². The highest BCUT2D eigenvalue weighted by Crippen LogP contribution is 2.33. The van der Waals surface area contributed by atoms with Crippen LogP contribution in [-0.2, 0) is 0 Å². The number of phenols is 1. The second-order valence-electron chi connectivity index (χ2n) is 3.65. The number of nitrogens with one attached hydrogen (secondary N) is 1. The molecule has 0 saturated heterocycles. The van der Waals surface area contributed by atoms with Crippen molar-refractivity contribution in [2.75, 3.05) is 5.32 Å². The third kappa shape index (κ3) is 3.17. The van der Waals surface area contributed by atoms with E-state index in [2.05, 4.69) is 37.2 Å². The number of thiophene rings is 1. The summed E-state index contributed by atoms with van der Waals surface area (Å²) in [5, 5.41) is 22.6. The molecule has 0 bridgehead atoms. The van der Waals surface area contributed by atoms with Crippen molar-refractivity contribution in [3.63, 3.8) is 0 Å². The molecule has 2 aromatic rings. The Morgan fingerprint density at radius 3 is 2.60 bits per heavy atom. The Morgan fingerprint density at radius 1 is 1.35 bits per heavy atom. The first-order chi connectivity index (χ1) is 9.38. The van der Waals surface area contributed by atoms with Crippen LogP contribution in [0.15, 0.2) is 31.8 Å². The van der Waals surface area contributed by atoms with Crippen LogP contribution in [0.25, 0.3) is 0 Å². The molecule has 0 spiro atoms. The molecule has 1 amide bonds. The largest absolute Gasteiger partial charge is 0.508 e. The van der Waals surface area contributed by atoms with Crippen molar-refractivity contribution in [3.05, 3.63) is 47.5 Å². The molecule has 1 heterocycles. The number of carbonyl (C=O) groups is 1. The van der Waals surface area contributed by atoms with Gasteiger partial charge in [0.1, 0.15) is 11.4 Å². The van der Waals surface area contributed by atoms with Crippen LogP contribution in [0.2, 0.25) is 0 Å². The Labute approximate surface area is 133 Å². The summed E-state index contributed by atoms with van der Waals surface area (Å²) in [6, 6.07) is 5.13. The van der Waals surface area contributed by atoms with Gasteiger partial charge in [-0.2, -0.15) is 0 Å². The Hall–Kier alpha value is -1.45. The van der Waals surface area contributed by atoms with E-state index in [0.29, 0.717) is 9.35 Å². The zero-order valence-corrected chi connectivity index (χ0v) is 13.6. The Kier molecular flexibility index (Phi) is 4.41. The number of nitro benzene ring substituents is 1. The van der Waals surface area contributed by atoms with Crippen molar-refractivity contribution in [2.24, 2.45) is 0 Å². The van der Waals surface area contributed by atoms with Crippen molar-refractivity contribution in [3.8, 4) is 5.75 Å². The molecule has 0 radical (unpaired) electrons. The van der Waals surface area contributed by atoms with Gasteiger partial charge in [0.2, 0.25) is 0 Å². The van der Waals surface area contributed by atoms with E-state index in [-0.39, 0.29) is 17.1 Å². The lowest BCUT2D eigenvalue weighted by Crippen LogP contribution is -2.12. The van der Waals surface area contributed by atoms with Gasteiger partial charge in [0.25, 0.3) is 11.6 Å². The van der Waals surface area contributed by atoms with E-state index in [1.807, 2.05) is 0 Å². The molecule has 0 atom stereocenters. The molecule has 0 fully saturated rings. The third-order valence-electron chi connectivity index (χ3n) is 2.33. The van der Waals surface area contributed by atoms with Crippen molar-refractivity contribution in [1.29, 1.82) is 0 Å². The van der Waals surface area contributed by atoms with Gasteiger partial charge >= 0.3 is 0 Å². The van der Waals surface area contributed by atoms with Crippen LogP contribution in [0.4, 0.5) is 11.4 Å². The van der Waals surface area contributed by atoms with Gasteiger partial charge in [0, 0.05) is 0 Å². The summed E-state index contributed by atoms with van der Waals surface area (Å²) in [5.74, 6) is -0.721. The van der Waals surface area contributed by atoms with Crippen LogP contribution >= 0.6 is 43.2 Å². The Bertz CT molecular complexity index is 702. The van der Waals surface area contributed by atoms with Gasteiger partial charge in [-0.15, -0.1) is 11.3 Å². The second-order valence-corrected chi connectivity index (χ2v) is 7.40. The Morgan fingerprint density at radius 2 is 2.05 bits per heavy atom. The maximum absolute atomic E-state index is 12.1. The fourth-order valence-electron chi connectivity index (χ4n) is 1.46. The molecule has 0 aliphatic heterocycles. The molecule has 1 aromatic heterocycles. The summed E-state index contributed by atoms with van der Waals surface area (Å²) in [7, 11) is 0. The molecule has 0 aliphatic carbocycles. The minimum absolute atomic E-state index is 0.0204. The summed E-state index contributed by atoms with van der Waals surface area (Å²) in [4.78, 5) is 22.3. The van der Waals surface area contributed by atoms with Crippen LogP contribution in [0, 0.1) is 10.1 Å². The predicted octanol–water partition coefficient (Wildman–Crippen LogP) is 4.14. The van der Waals surface area contributed by atoms with Crippen LogP contribution in [0.5, 0.6) is 5.75 Å². The van der Waals surface area contributed by atoms with Gasteiger partial charge in [0.05, 0.1) is 24.1 Å². The summed E-state index contributed by atoms with van der Waals surface area (Å²) >= 11 is 7.81. The molecule has 9 heteroatoms. The number of halogens is 2. The van der Waals surface area contributed by atoms with E-state index in [1.54, 1.807) is 6.07 Å². The number of nitrogens with zero attached hydrogens (tertiary/aromatic N) is 1. The molecule has 6 nitrogen and oxygen atoms in total. The highest BCUT2D eigenvalue weighted by atomic mass is 79.9. The maximum Gasteiger partial charge on any atom is 0.296 e. The number of phenolic OH excluding ortho intramolecular Hbond substituents is 1. The SMILES string of the molecule is O=C(Nc1ccc(O)cc1[N+](=O)[O-])c1cc(Br)sc1Br. The maximum atomic E-state index is 12.1. The molecular formula is C11H6Br2N2O4S. The summed E-state index contributed by atoms with van der Waals surface area (Å²) in [5.41, 5.74) is 0.0139. The number of rotatable bonds is 3. The number of hydrogen-bond acceptors (Lipinski definition) is 5. The average Bonchev–Trinajstić information content (AvgIpc) is 2.70. The second kappa shape index (κ2) is 5.90. The fourth-order valence-corrected chi connectivity index (χ4v) is 4.25. The van der Waals surface area contributed by atoms with Crippen molar-refractivity contribution in [2.45, 2.75) is 0 Å². The summed E-state index contributed by atoms with van der Waals surface area (Å²) < 4.78 is 1.37.